The van der Waals surface area contributed by atoms with Gasteiger partial charge in [-0.3, -0.25) is 14.9 Å². The van der Waals surface area contributed by atoms with Gasteiger partial charge in [-0.25, -0.2) is 0 Å². The normalized spacial score (nSPS) is 12.2. The van der Waals surface area contributed by atoms with E-state index in [0.29, 0.717) is 45.4 Å². The Kier molecular flexibility index (Phi) is 13.6. The van der Waals surface area contributed by atoms with Crippen molar-refractivity contribution in [3.05, 3.63) is 0 Å². The van der Waals surface area contributed by atoms with Crippen molar-refractivity contribution >= 4 is 11.8 Å². The van der Waals surface area contributed by atoms with Crippen LogP contribution in [0.1, 0.15) is 26.2 Å². The molecule has 0 aromatic carbocycles. The lowest BCUT2D eigenvalue weighted by Crippen LogP contribution is -2.38. The van der Waals surface area contributed by atoms with Gasteiger partial charge in [0.15, 0.2) is 0 Å². The average molecular weight is 331 g/mol. The van der Waals surface area contributed by atoms with Gasteiger partial charge in [-0.2, -0.15) is 0 Å². The monoisotopic (exact) mass is 331 g/mol. The number of carbonyl (C=O) groups excluding carboxylic acids is 2. The zero-order valence-electron chi connectivity index (χ0n) is 14.7. The van der Waals surface area contributed by atoms with E-state index >= 15 is 0 Å². The third-order valence-corrected chi connectivity index (χ3v) is 3.49. The number of aliphatic hydroxyl groups is 1. The van der Waals surface area contributed by atoms with E-state index in [4.69, 9.17) is 0 Å². The fraction of sp³-hybridized carbons (Fsp3) is 0.867. The SMILES string of the molecule is CCNC(=O)CCNCCN(CCC(=O)NC)CCC(O)NC. The van der Waals surface area contributed by atoms with Gasteiger partial charge in [0.05, 0.1) is 0 Å². The van der Waals surface area contributed by atoms with E-state index in [1.165, 1.54) is 0 Å². The summed E-state index contributed by atoms with van der Waals surface area (Å²) in [6, 6.07) is 0. The first-order valence-corrected chi connectivity index (χ1v) is 8.29. The van der Waals surface area contributed by atoms with Crippen LogP contribution in [0.4, 0.5) is 0 Å². The second-order valence-electron chi connectivity index (χ2n) is 5.31. The van der Waals surface area contributed by atoms with Gasteiger partial charge >= 0.3 is 0 Å². The predicted octanol–water partition coefficient (Wildman–Crippen LogP) is -1.53. The summed E-state index contributed by atoms with van der Waals surface area (Å²) in [5.74, 6) is 0.0574. The average Bonchev–Trinajstić information content (AvgIpc) is 2.55. The molecular weight excluding hydrogens is 298 g/mol. The molecule has 0 heterocycles. The Hall–Kier alpha value is -1.22. The number of carbonyl (C=O) groups is 2. The van der Waals surface area contributed by atoms with E-state index in [2.05, 4.69) is 26.2 Å². The van der Waals surface area contributed by atoms with Crippen LogP contribution < -0.4 is 21.3 Å². The van der Waals surface area contributed by atoms with Crippen LogP contribution >= 0.6 is 0 Å². The number of hydrogen-bond donors (Lipinski definition) is 5. The summed E-state index contributed by atoms with van der Waals surface area (Å²) in [5, 5.41) is 21.0. The topological polar surface area (TPSA) is 106 Å². The maximum Gasteiger partial charge on any atom is 0.221 e. The maximum absolute atomic E-state index is 11.4. The van der Waals surface area contributed by atoms with Crippen LogP contribution in [0, 0.1) is 0 Å². The highest BCUT2D eigenvalue weighted by molar-refractivity contribution is 5.76. The van der Waals surface area contributed by atoms with Gasteiger partial charge in [0, 0.05) is 59.2 Å². The summed E-state index contributed by atoms with van der Waals surface area (Å²) in [5.41, 5.74) is 0. The largest absolute Gasteiger partial charge is 0.379 e. The van der Waals surface area contributed by atoms with Gasteiger partial charge in [0.25, 0.3) is 0 Å². The predicted molar refractivity (Wildman–Crippen MR) is 91.0 cm³/mol. The lowest BCUT2D eigenvalue weighted by molar-refractivity contribution is -0.121. The van der Waals surface area contributed by atoms with Crippen LogP contribution in [0.15, 0.2) is 0 Å². The molecule has 0 aliphatic heterocycles. The van der Waals surface area contributed by atoms with Crippen LogP contribution in [0.3, 0.4) is 0 Å². The molecule has 8 nitrogen and oxygen atoms in total. The lowest BCUT2D eigenvalue weighted by atomic mass is 10.3. The van der Waals surface area contributed by atoms with Gasteiger partial charge in [-0.05, 0) is 20.4 Å². The molecule has 0 aliphatic rings. The molecule has 0 saturated carbocycles. The quantitative estimate of drug-likeness (QED) is 0.195. The summed E-state index contributed by atoms with van der Waals surface area (Å²) in [6.45, 7) is 6.04. The molecule has 1 unspecified atom stereocenters. The number of nitrogens with one attached hydrogen (secondary N) is 4. The first-order chi connectivity index (χ1) is 11.0. The maximum atomic E-state index is 11.4. The van der Waals surface area contributed by atoms with Gasteiger partial charge in [-0.1, -0.05) is 0 Å². The zero-order chi connectivity index (χ0) is 17.5. The minimum Gasteiger partial charge on any atom is -0.379 e. The molecule has 2 amide bonds. The molecule has 8 heteroatoms. The fourth-order valence-corrected chi connectivity index (χ4v) is 2.02. The summed E-state index contributed by atoms with van der Waals surface area (Å²) in [6.07, 6.45) is 0.960. The van der Waals surface area contributed by atoms with E-state index in [-0.39, 0.29) is 11.8 Å². The van der Waals surface area contributed by atoms with E-state index in [0.717, 1.165) is 13.1 Å². The Morgan fingerprint density at radius 1 is 1.04 bits per heavy atom. The fourth-order valence-electron chi connectivity index (χ4n) is 2.02. The Bertz CT molecular complexity index is 328. The molecule has 0 aromatic rings. The Balaban J connectivity index is 3.99. The summed E-state index contributed by atoms with van der Waals surface area (Å²) >= 11 is 0. The molecule has 0 aromatic heterocycles. The van der Waals surface area contributed by atoms with Crippen molar-refractivity contribution in [1.29, 1.82) is 0 Å². The Morgan fingerprint density at radius 3 is 2.39 bits per heavy atom. The number of hydrogen-bond acceptors (Lipinski definition) is 6. The first kappa shape index (κ1) is 21.8. The molecule has 0 rings (SSSR count). The van der Waals surface area contributed by atoms with Gasteiger partial charge in [0.2, 0.25) is 11.8 Å². The van der Waals surface area contributed by atoms with Crippen molar-refractivity contribution in [3.8, 4) is 0 Å². The molecule has 0 saturated heterocycles. The summed E-state index contributed by atoms with van der Waals surface area (Å²) in [7, 11) is 3.34. The zero-order valence-corrected chi connectivity index (χ0v) is 14.7. The van der Waals surface area contributed by atoms with Crippen molar-refractivity contribution < 1.29 is 14.7 Å². The van der Waals surface area contributed by atoms with E-state index in [1.807, 2.05) is 6.92 Å². The highest BCUT2D eigenvalue weighted by Gasteiger charge is 2.10. The van der Waals surface area contributed by atoms with Gasteiger partial charge in [0.1, 0.15) is 6.23 Å². The summed E-state index contributed by atoms with van der Waals surface area (Å²) in [4.78, 5) is 24.8. The molecule has 0 radical (unpaired) electrons. The van der Waals surface area contributed by atoms with Crippen molar-refractivity contribution in [2.75, 3.05) is 53.4 Å². The molecule has 0 spiro atoms. The Labute approximate surface area is 139 Å². The molecule has 136 valence electrons. The van der Waals surface area contributed by atoms with Crippen molar-refractivity contribution in [1.82, 2.24) is 26.2 Å². The third kappa shape index (κ3) is 13.0. The van der Waals surface area contributed by atoms with Gasteiger partial charge < -0.3 is 26.0 Å². The minimum absolute atomic E-state index is 0.00774. The second-order valence-corrected chi connectivity index (χ2v) is 5.31. The van der Waals surface area contributed by atoms with E-state index in [1.54, 1.807) is 14.1 Å². The van der Waals surface area contributed by atoms with E-state index < -0.39 is 6.23 Å². The number of aliphatic hydroxyl groups excluding tert-OH is 1. The molecule has 0 fully saturated rings. The molecular formula is C15H33N5O3. The highest BCUT2D eigenvalue weighted by atomic mass is 16.3. The number of nitrogens with zero attached hydrogens (tertiary/aromatic N) is 1. The minimum atomic E-state index is -0.539. The van der Waals surface area contributed by atoms with Crippen LogP contribution in [0.5, 0.6) is 0 Å². The third-order valence-electron chi connectivity index (χ3n) is 3.49. The summed E-state index contributed by atoms with van der Waals surface area (Å²) < 4.78 is 0. The first-order valence-electron chi connectivity index (χ1n) is 8.29. The molecule has 0 bridgehead atoms. The molecule has 5 N–H and O–H groups in total. The lowest BCUT2D eigenvalue weighted by Gasteiger charge is -2.23. The molecule has 23 heavy (non-hydrogen) atoms. The van der Waals surface area contributed by atoms with Crippen molar-refractivity contribution in [2.45, 2.75) is 32.4 Å². The highest BCUT2D eigenvalue weighted by Crippen LogP contribution is 1.96. The van der Waals surface area contributed by atoms with Crippen molar-refractivity contribution in [2.24, 2.45) is 0 Å². The van der Waals surface area contributed by atoms with Gasteiger partial charge in [-0.15, -0.1) is 0 Å². The molecule has 0 aliphatic carbocycles. The smallest absolute Gasteiger partial charge is 0.221 e. The van der Waals surface area contributed by atoms with E-state index in [9.17, 15) is 14.7 Å². The van der Waals surface area contributed by atoms with Crippen LogP contribution in [-0.4, -0.2) is 81.4 Å². The standard InChI is InChI=1S/C15H33N5O3/c1-4-19-15(23)5-8-18-9-12-20(10-6-13(21)16-2)11-7-14(22)17-3/h13,16,18,21H,4-12H2,1-3H3,(H,17,22)(H,19,23). The second kappa shape index (κ2) is 14.4. The number of rotatable bonds is 14. The van der Waals surface area contributed by atoms with Crippen LogP contribution in [0.2, 0.25) is 0 Å². The Morgan fingerprint density at radius 2 is 1.78 bits per heavy atom. The number of amides is 2. The van der Waals surface area contributed by atoms with Crippen molar-refractivity contribution in [3.63, 3.8) is 0 Å². The molecule has 1 atom stereocenters. The van der Waals surface area contributed by atoms with Crippen LogP contribution in [0.25, 0.3) is 0 Å². The van der Waals surface area contributed by atoms with Crippen LogP contribution in [-0.2, 0) is 9.59 Å².